The van der Waals surface area contributed by atoms with Gasteiger partial charge >= 0.3 is 5.97 Å². The van der Waals surface area contributed by atoms with Crippen molar-refractivity contribution >= 4 is 33.6 Å². The maximum absolute atomic E-state index is 12.5. The molecule has 4 rings (SSSR count). The van der Waals surface area contributed by atoms with Gasteiger partial charge < -0.3 is 4.74 Å². The summed E-state index contributed by atoms with van der Waals surface area (Å²) in [6.07, 6.45) is 4.91. The van der Waals surface area contributed by atoms with Gasteiger partial charge in [0.25, 0.3) is 5.56 Å². The maximum atomic E-state index is 12.5. The second-order valence-corrected chi connectivity index (χ2v) is 10.1. The summed E-state index contributed by atoms with van der Waals surface area (Å²) in [4.78, 5) is 31.4. The Kier molecular flexibility index (Phi) is 4.68. The summed E-state index contributed by atoms with van der Waals surface area (Å²) < 4.78 is 6.91. The van der Waals surface area contributed by atoms with Gasteiger partial charge in [-0.3, -0.25) is 9.20 Å². The average molecular weight is 403 g/mol. The van der Waals surface area contributed by atoms with E-state index in [1.807, 2.05) is 6.07 Å². The van der Waals surface area contributed by atoms with Crippen molar-refractivity contribution in [3.05, 3.63) is 55.1 Å². The molecule has 27 heavy (non-hydrogen) atoms. The highest BCUT2D eigenvalue weighted by Crippen LogP contribution is 2.40. The third kappa shape index (κ3) is 3.71. The normalized spacial score (nSPS) is 17.1. The van der Waals surface area contributed by atoms with Crippen LogP contribution in [0.25, 0.3) is 4.96 Å². The Hall–Kier alpha value is -1.99. The molecule has 3 heterocycles. The van der Waals surface area contributed by atoms with Gasteiger partial charge in [-0.25, -0.2) is 9.78 Å². The van der Waals surface area contributed by atoms with Crippen molar-refractivity contribution in [2.75, 3.05) is 0 Å². The molecule has 0 spiro atoms. The SMILES string of the molecule is CC(C)(C)[C@@H]1CCc2sc(C(=O)OCc3cc(=O)n4ccsc4n3)cc2C1. The Bertz CT molecular complexity index is 1060. The number of ether oxygens (including phenoxy) is 1. The van der Waals surface area contributed by atoms with E-state index in [-0.39, 0.29) is 23.6 Å². The zero-order valence-electron chi connectivity index (χ0n) is 15.7. The van der Waals surface area contributed by atoms with Crippen LogP contribution in [0, 0.1) is 11.3 Å². The first kappa shape index (κ1) is 18.4. The van der Waals surface area contributed by atoms with Crippen LogP contribution >= 0.6 is 22.7 Å². The molecule has 0 fully saturated rings. The molecule has 0 aromatic carbocycles. The predicted octanol–water partition coefficient (Wildman–Crippen LogP) is 4.33. The number of aromatic nitrogens is 2. The van der Waals surface area contributed by atoms with Crippen LogP contribution in [-0.2, 0) is 24.2 Å². The van der Waals surface area contributed by atoms with Gasteiger partial charge in [-0.1, -0.05) is 20.8 Å². The highest BCUT2D eigenvalue weighted by atomic mass is 32.1. The van der Waals surface area contributed by atoms with E-state index in [4.69, 9.17) is 4.74 Å². The number of esters is 1. The molecule has 0 aliphatic heterocycles. The molecule has 1 aliphatic rings. The molecule has 0 radical (unpaired) electrons. The molecule has 3 aromatic rings. The van der Waals surface area contributed by atoms with Crippen molar-refractivity contribution in [3.63, 3.8) is 0 Å². The Labute approximate surface area is 165 Å². The second-order valence-electron chi connectivity index (χ2n) is 8.08. The van der Waals surface area contributed by atoms with E-state index in [0.29, 0.717) is 21.4 Å². The largest absolute Gasteiger partial charge is 0.455 e. The van der Waals surface area contributed by atoms with Crippen molar-refractivity contribution in [1.29, 1.82) is 0 Å². The van der Waals surface area contributed by atoms with Gasteiger partial charge in [-0.05, 0) is 42.2 Å². The van der Waals surface area contributed by atoms with Gasteiger partial charge in [-0.2, -0.15) is 0 Å². The monoisotopic (exact) mass is 402 g/mol. The van der Waals surface area contributed by atoms with Crippen LogP contribution in [0.15, 0.2) is 28.5 Å². The number of hydrogen-bond donors (Lipinski definition) is 0. The summed E-state index contributed by atoms with van der Waals surface area (Å²) in [6, 6.07) is 3.41. The molecule has 1 aliphatic carbocycles. The minimum absolute atomic E-state index is 0.00958. The summed E-state index contributed by atoms with van der Waals surface area (Å²) >= 11 is 2.92. The van der Waals surface area contributed by atoms with Crippen LogP contribution in [-0.4, -0.2) is 15.4 Å². The van der Waals surface area contributed by atoms with Crippen LogP contribution in [0.1, 0.15) is 53.0 Å². The fraction of sp³-hybridized carbons (Fsp3) is 0.450. The zero-order chi connectivity index (χ0) is 19.2. The Morgan fingerprint density at radius 3 is 2.96 bits per heavy atom. The van der Waals surface area contributed by atoms with Gasteiger partial charge in [0.1, 0.15) is 11.5 Å². The summed E-state index contributed by atoms with van der Waals surface area (Å²) in [5, 5.41) is 1.81. The van der Waals surface area contributed by atoms with Crippen molar-refractivity contribution in [3.8, 4) is 0 Å². The lowest BCUT2D eigenvalue weighted by molar-refractivity contribution is 0.0473. The molecule has 0 amide bonds. The minimum atomic E-state index is -0.338. The van der Waals surface area contributed by atoms with E-state index in [9.17, 15) is 9.59 Å². The zero-order valence-corrected chi connectivity index (χ0v) is 17.3. The van der Waals surface area contributed by atoms with Crippen LogP contribution < -0.4 is 5.56 Å². The summed E-state index contributed by atoms with van der Waals surface area (Å²) in [5.41, 5.74) is 1.88. The highest BCUT2D eigenvalue weighted by molar-refractivity contribution is 7.15. The molecule has 0 bridgehead atoms. The summed E-state index contributed by atoms with van der Waals surface area (Å²) in [7, 11) is 0. The van der Waals surface area contributed by atoms with Gasteiger partial charge in [0, 0.05) is 22.5 Å². The van der Waals surface area contributed by atoms with Crippen molar-refractivity contribution in [2.24, 2.45) is 11.3 Å². The fourth-order valence-corrected chi connectivity index (χ4v) is 5.38. The number of aryl methyl sites for hydroxylation is 1. The number of fused-ring (bicyclic) bond motifs is 2. The number of carbonyl (C=O) groups excluding carboxylic acids is 1. The lowest BCUT2D eigenvalue weighted by Gasteiger charge is -2.33. The molecular weight excluding hydrogens is 380 g/mol. The topological polar surface area (TPSA) is 60.7 Å². The van der Waals surface area contributed by atoms with Crippen LogP contribution in [0.5, 0.6) is 0 Å². The second kappa shape index (κ2) is 6.87. The lowest BCUT2D eigenvalue weighted by atomic mass is 9.72. The first-order valence-corrected chi connectivity index (χ1v) is 10.8. The van der Waals surface area contributed by atoms with Gasteiger partial charge in [0.05, 0.1) is 5.69 Å². The van der Waals surface area contributed by atoms with E-state index < -0.39 is 0 Å². The molecular formula is C20H22N2O3S2. The summed E-state index contributed by atoms with van der Waals surface area (Å²) in [5.74, 6) is 0.299. The third-order valence-corrected chi connectivity index (χ3v) is 7.19. The molecule has 0 saturated heterocycles. The van der Waals surface area contributed by atoms with Gasteiger partial charge in [-0.15, -0.1) is 22.7 Å². The minimum Gasteiger partial charge on any atom is -0.455 e. The molecule has 5 nitrogen and oxygen atoms in total. The average Bonchev–Trinajstić information content (AvgIpc) is 3.24. The van der Waals surface area contributed by atoms with Crippen molar-refractivity contribution in [1.82, 2.24) is 9.38 Å². The smallest absolute Gasteiger partial charge is 0.348 e. The van der Waals surface area contributed by atoms with E-state index in [0.717, 1.165) is 12.8 Å². The number of rotatable bonds is 3. The number of thiophene rings is 1. The van der Waals surface area contributed by atoms with Crippen molar-refractivity contribution < 1.29 is 9.53 Å². The number of carbonyl (C=O) groups is 1. The molecule has 0 unspecified atom stereocenters. The quantitative estimate of drug-likeness (QED) is 0.612. The predicted molar refractivity (Wildman–Crippen MR) is 108 cm³/mol. The highest BCUT2D eigenvalue weighted by Gasteiger charge is 2.30. The Morgan fingerprint density at radius 2 is 2.19 bits per heavy atom. The van der Waals surface area contributed by atoms with Gasteiger partial charge in [0.15, 0.2) is 4.96 Å². The van der Waals surface area contributed by atoms with Crippen molar-refractivity contribution in [2.45, 2.75) is 46.6 Å². The fourth-order valence-electron chi connectivity index (χ4n) is 3.54. The number of nitrogens with zero attached hydrogens (tertiary/aromatic N) is 2. The van der Waals surface area contributed by atoms with E-state index in [2.05, 4.69) is 25.8 Å². The summed E-state index contributed by atoms with van der Waals surface area (Å²) in [6.45, 7) is 6.86. The molecule has 3 aromatic heterocycles. The van der Waals surface area contributed by atoms with Crippen LogP contribution in [0.2, 0.25) is 0 Å². The molecule has 0 saturated carbocycles. The first-order valence-electron chi connectivity index (χ1n) is 9.06. The van der Waals surface area contributed by atoms with Crippen LogP contribution in [0.4, 0.5) is 0 Å². The number of hydrogen-bond acceptors (Lipinski definition) is 6. The molecule has 142 valence electrons. The molecule has 7 heteroatoms. The van der Waals surface area contributed by atoms with E-state index in [1.54, 1.807) is 11.6 Å². The standard InChI is InChI=1S/C20H22N2O3S2/c1-20(2,3)13-4-5-15-12(8-13)9-16(27-15)18(24)25-11-14-10-17(23)22-6-7-26-19(22)21-14/h6-7,9-10,13H,4-5,8,11H2,1-3H3/t13-/m1/s1. The Morgan fingerprint density at radius 1 is 1.37 bits per heavy atom. The Balaban J connectivity index is 1.46. The van der Waals surface area contributed by atoms with Gasteiger partial charge in [0.2, 0.25) is 0 Å². The van der Waals surface area contributed by atoms with E-state index >= 15 is 0 Å². The molecule has 1 atom stereocenters. The molecule has 0 N–H and O–H groups in total. The first-order chi connectivity index (χ1) is 12.8. The number of thiazole rings is 1. The maximum Gasteiger partial charge on any atom is 0.348 e. The lowest BCUT2D eigenvalue weighted by Crippen LogP contribution is -2.26. The van der Waals surface area contributed by atoms with E-state index in [1.165, 1.54) is 50.0 Å². The van der Waals surface area contributed by atoms with Crippen LogP contribution in [0.3, 0.4) is 0 Å². The third-order valence-electron chi connectivity index (χ3n) is 5.22.